The molecule has 0 amide bonds. The Labute approximate surface area is 284 Å². The molecule has 0 bridgehead atoms. The Hall–Kier alpha value is -1.48. The molecule has 44 heavy (non-hydrogen) atoms. The Kier molecular flexibility index (Phi) is 31.2. The summed E-state index contributed by atoms with van der Waals surface area (Å²) in [6.45, 7) is 32.3. The Balaban J connectivity index is -0.000000307. The van der Waals surface area contributed by atoms with Gasteiger partial charge in [-0.1, -0.05) is 115 Å². The highest BCUT2D eigenvalue weighted by atomic mass is 32.1. The highest BCUT2D eigenvalue weighted by molar-refractivity contribution is 7.71. The summed E-state index contributed by atoms with van der Waals surface area (Å²) in [6, 6.07) is 1.79. The molecule has 0 aliphatic rings. The van der Waals surface area contributed by atoms with Crippen LogP contribution >= 0.6 is 24.4 Å². The Bertz CT molecular complexity index is 1090. The molecule has 0 aliphatic heterocycles. The van der Waals surface area contributed by atoms with Crippen molar-refractivity contribution in [2.45, 2.75) is 122 Å². The first-order chi connectivity index (χ1) is 20.3. The molecule has 0 radical (unpaired) electrons. The summed E-state index contributed by atoms with van der Waals surface area (Å²) in [5, 5.41) is 0. The van der Waals surface area contributed by atoms with Gasteiger partial charge in [0.1, 0.15) is 0 Å². The van der Waals surface area contributed by atoms with Crippen LogP contribution < -0.4 is 20.7 Å². The van der Waals surface area contributed by atoms with Gasteiger partial charge >= 0.3 is 0 Å². The molecule has 2 aromatic carbocycles. The molecule has 0 saturated heterocycles. The van der Waals surface area contributed by atoms with E-state index in [0.29, 0.717) is 9.02 Å². The van der Waals surface area contributed by atoms with Crippen LogP contribution in [0, 0.1) is 9.02 Å². The highest BCUT2D eigenvalue weighted by Crippen LogP contribution is 2.32. The van der Waals surface area contributed by atoms with E-state index in [1.807, 2.05) is 60.5 Å². The largest absolute Gasteiger partial charge is 0.371 e. The zero-order chi connectivity index (χ0) is 34.3. The van der Waals surface area contributed by atoms with Crippen LogP contribution in [0.2, 0.25) is 0 Å². The summed E-state index contributed by atoms with van der Waals surface area (Å²) in [7, 11) is 6.10. The second kappa shape index (κ2) is 27.8. The molecule has 0 aromatic heterocycles. The number of rotatable bonds is 15. The fourth-order valence-corrected chi connectivity index (χ4v) is 5.09. The minimum absolute atomic E-state index is 0. The zero-order valence-corrected chi connectivity index (χ0v) is 32.4. The standard InChI is InChI=1S/C16H28N2OS.C13H22N2OS.3C2H6.CH4/c1-7-17(5)10-8-9-11-18(6)13-12(16(2,3)4)15(20)14(13)19;1-4-15(5-2)9-7-6-8-14(3)11-10-12(17)13(11)16;3*1-2;/h7-11H2,1-6H3;10H,4-9H2,1-3H3;3*1-2H3;1H4. The first-order valence-corrected chi connectivity index (χ1v) is 17.6. The lowest BCUT2D eigenvalue weighted by Gasteiger charge is -2.30. The number of anilines is 2. The quantitative estimate of drug-likeness (QED) is 0.139. The first kappa shape index (κ1) is 49.4. The number of hydrogen-bond donors (Lipinski definition) is 0. The topological polar surface area (TPSA) is 47.1 Å². The van der Waals surface area contributed by atoms with E-state index in [4.69, 9.17) is 24.4 Å². The van der Waals surface area contributed by atoms with Crippen molar-refractivity contribution in [3.63, 3.8) is 0 Å². The number of nitrogens with zero attached hydrogens (tertiary/aromatic N) is 4. The van der Waals surface area contributed by atoms with Crippen LogP contribution in [0.5, 0.6) is 0 Å². The fourth-order valence-electron chi connectivity index (χ4n) is 4.37. The normalized spacial score (nSPS) is 10.4. The Morgan fingerprint density at radius 1 is 0.659 bits per heavy atom. The Morgan fingerprint density at radius 3 is 1.48 bits per heavy atom. The molecule has 8 heteroatoms. The predicted molar refractivity (Wildman–Crippen MR) is 207 cm³/mol. The van der Waals surface area contributed by atoms with E-state index in [1.165, 1.54) is 6.42 Å². The van der Waals surface area contributed by atoms with E-state index in [-0.39, 0.29) is 23.7 Å². The lowest BCUT2D eigenvalue weighted by Crippen LogP contribution is -2.35. The van der Waals surface area contributed by atoms with Crippen LogP contribution in [-0.2, 0) is 5.41 Å². The lowest BCUT2D eigenvalue weighted by molar-refractivity contribution is 0.297. The molecule has 0 fully saturated rings. The van der Waals surface area contributed by atoms with Gasteiger partial charge in [0.05, 0.1) is 20.4 Å². The first-order valence-electron chi connectivity index (χ1n) is 16.8. The second-order valence-electron chi connectivity index (χ2n) is 11.0. The van der Waals surface area contributed by atoms with Crippen LogP contribution in [0.25, 0.3) is 0 Å². The summed E-state index contributed by atoms with van der Waals surface area (Å²) in [5.74, 6) is 0. The summed E-state index contributed by atoms with van der Waals surface area (Å²) in [5.41, 5.74) is 2.72. The molecule has 6 nitrogen and oxygen atoms in total. The monoisotopic (exact) mass is 657 g/mol. The molecule has 0 aliphatic carbocycles. The molecule has 0 unspecified atom stereocenters. The van der Waals surface area contributed by atoms with Crippen molar-refractivity contribution in [1.82, 2.24) is 9.80 Å². The summed E-state index contributed by atoms with van der Waals surface area (Å²) < 4.78 is 1.00. The van der Waals surface area contributed by atoms with Crippen molar-refractivity contribution in [3.05, 3.63) is 41.1 Å². The zero-order valence-electron chi connectivity index (χ0n) is 30.8. The van der Waals surface area contributed by atoms with Crippen molar-refractivity contribution in [1.29, 1.82) is 0 Å². The highest BCUT2D eigenvalue weighted by Gasteiger charge is 2.29. The third-order valence-corrected chi connectivity index (χ3v) is 7.78. The SMILES string of the molecule is C.CC.CC.CC.CCN(C)CCCCN(C)c1c(C(C)(C)C)c(=S)c1=O.CCN(CC)CCCCN(C)c1cc(=S)c1=O. The van der Waals surface area contributed by atoms with Crippen LogP contribution in [0.1, 0.15) is 122 Å². The van der Waals surface area contributed by atoms with Gasteiger partial charge < -0.3 is 19.6 Å². The van der Waals surface area contributed by atoms with Crippen LogP contribution in [0.15, 0.2) is 15.7 Å². The predicted octanol–water partition coefficient (Wildman–Crippen LogP) is 9.04. The van der Waals surface area contributed by atoms with Gasteiger partial charge in [-0.05, 0) is 76.9 Å². The molecule has 0 N–H and O–H groups in total. The third-order valence-electron chi connectivity index (χ3n) is 7.09. The summed E-state index contributed by atoms with van der Waals surface area (Å²) in [4.78, 5) is 32.2. The van der Waals surface area contributed by atoms with E-state index in [9.17, 15) is 9.59 Å². The number of unbranched alkanes of at least 4 members (excludes halogenated alkanes) is 2. The maximum atomic E-state index is 12.0. The van der Waals surface area contributed by atoms with E-state index in [2.05, 4.69) is 63.3 Å². The molecule has 260 valence electrons. The van der Waals surface area contributed by atoms with Gasteiger partial charge in [0.15, 0.2) is 0 Å². The van der Waals surface area contributed by atoms with E-state index >= 15 is 0 Å². The lowest BCUT2D eigenvalue weighted by atomic mass is 9.82. The van der Waals surface area contributed by atoms with Gasteiger partial charge in [-0.2, -0.15) is 0 Å². The minimum atomic E-state index is -0.0446. The minimum Gasteiger partial charge on any atom is -0.371 e. The van der Waals surface area contributed by atoms with E-state index in [0.717, 1.165) is 82.0 Å². The summed E-state index contributed by atoms with van der Waals surface area (Å²) >= 11 is 10.1. The van der Waals surface area contributed by atoms with Gasteiger partial charge in [0.25, 0.3) is 0 Å². The van der Waals surface area contributed by atoms with Crippen LogP contribution in [0.4, 0.5) is 11.4 Å². The molecule has 0 atom stereocenters. The van der Waals surface area contributed by atoms with Crippen LogP contribution in [0.3, 0.4) is 0 Å². The van der Waals surface area contributed by atoms with Crippen molar-refractivity contribution in [3.8, 4) is 0 Å². The average Bonchev–Trinajstić information content (AvgIpc) is 3.02. The molecule has 0 saturated carbocycles. The van der Waals surface area contributed by atoms with Gasteiger partial charge in [-0.3, -0.25) is 9.59 Å². The average molecular weight is 657 g/mol. The third kappa shape index (κ3) is 17.3. The molecular formula is C36H72N4O2S2. The van der Waals surface area contributed by atoms with Gasteiger partial charge in [-0.15, -0.1) is 0 Å². The van der Waals surface area contributed by atoms with E-state index < -0.39 is 0 Å². The molecule has 0 heterocycles. The molecule has 2 aromatic rings. The van der Waals surface area contributed by atoms with Gasteiger partial charge in [0, 0.05) is 32.7 Å². The fraction of sp³-hybridized carbons (Fsp3) is 0.778. The van der Waals surface area contributed by atoms with Crippen molar-refractivity contribution in [2.24, 2.45) is 0 Å². The van der Waals surface area contributed by atoms with Crippen molar-refractivity contribution < 1.29 is 0 Å². The van der Waals surface area contributed by atoms with Gasteiger partial charge in [-0.25, -0.2) is 0 Å². The second-order valence-corrected chi connectivity index (χ2v) is 11.9. The molecule has 0 spiro atoms. The maximum absolute atomic E-state index is 12.0. The van der Waals surface area contributed by atoms with Crippen molar-refractivity contribution in [2.75, 3.05) is 76.8 Å². The van der Waals surface area contributed by atoms with E-state index in [1.54, 1.807) is 6.07 Å². The molecule has 2 rings (SSSR count). The maximum Gasteiger partial charge on any atom is 0.220 e. The Morgan fingerprint density at radius 2 is 1.09 bits per heavy atom. The van der Waals surface area contributed by atoms with Crippen LogP contribution in [-0.4, -0.2) is 76.8 Å². The smallest absolute Gasteiger partial charge is 0.220 e. The van der Waals surface area contributed by atoms with Crippen molar-refractivity contribution >= 4 is 35.8 Å². The molecular weight excluding hydrogens is 585 g/mol. The van der Waals surface area contributed by atoms with Gasteiger partial charge in [0.2, 0.25) is 10.9 Å². The summed E-state index contributed by atoms with van der Waals surface area (Å²) in [6.07, 6.45) is 4.55. The number of hydrogen-bond acceptors (Lipinski definition) is 8.